The predicted octanol–water partition coefficient (Wildman–Crippen LogP) is 3.76. The van der Waals surface area contributed by atoms with Crippen LogP contribution < -0.4 is 5.32 Å². The van der Waals surface area contributed by atoms with E-state index in [1.54, 1.807) is 24.3 Å². The number of hydrogen-bond acceptors (Lipinski definition) is 2. The second kappa shape index (κ2) is 5.99. The van der Waals surface area contributed by atoms with Gasteiger partial charge in [0.25, 0.3) is 0 Å². The van der Waals surface area contributed by atoms with E-state index < -0.39 is 17.7 Å². The molecule has 2 aromatic rings. The number of rotatable bonds is 4. The largest absolute Gasteiger partial charge is 0.386 e. The number of benzene rings is 2. The van der Waals surface area contributed by atoms with Gasteiger partial charge in [0, 0.05) is 12.1 Å². The van der Waals surface area contributed by atoms with Crippen molar-refractivity contribution >= 4 is 17.3 Å². The molecule has 1 atom stereocenters. The van der Waals surface area contributed by atoms with Crippen molar-refractivity contribution in [3.8, 4) is 0 Å². The van der Waals surface area contributed by atoms with E-state index in [0.717, 1.165) is 18.2 Å². The van der Waals surface area contributed by atoms with Gasteiger partial charge in [-0.1, -0.05) is 23.7 Å². The summed E-state index contributed by atoms with van der Waals surface area (Å²) in [6.07, 6.45) is -1.16. The van der Waals surface area contributed by atoms with Crippen molar-refractivity contribution in [3.05, 3.63) is 64.7 Å². The molecule has 0 radical (unpaired) electrons. The quantitative estimate of drug-likeness (QED) is 0.895. The molecule has 0 aliphatic heterocycles. The Morgan fingerprint density at radius 3 is 2.63 bits per heavy atom. The lowest BCUT2D eigenvalue weighted by Crippen LogP contribution is -2.14. The van der Waals surface area contributed by atoms with Crippen LogP contribution in [0, 0.1) is 11.6 Å². The van der Waals surface area contributed by atoms with Crippen molar-refractivity contribution in [3.63, 3.8) is 0 Å². The van der Waals surface area contributed by atoms with Gasteiger partial charge in [-0.2, -0.15) is 0 Å². The number of para-hydroxylation sites is 1. The van der Waals surface area contributed by atoms with Crippen molar-refractivity contribution < 1.29 is 13.9 Å². The van der Waals surface area contributed by atoms with Gasteiger partial charge in [0.1, 0.15) is 11.6 Å². The van der Waals surface area contributed by atoms with Gasteiger partial charge in [0.05, 0.1) is 16.8 Å². The fourth-order valence-corrected chi connectivity index (χ4v) is 1.89. The first-order valence-electron chi connectivity index (χ1n) is 5.69. The zero-order valence-corrected chi connectivity index (χ0v) is 10.7. The van der Waals surface area contributed by atoms with Gasteiger partial charge in [0.15, 0.2) is 0 Å². The highest BCUT2D eigenvalue weighted by Crippen LogP contribution is 2.23. The molecule has 0 saturated heterocycles. The maximum absolute atomic E-state index is 13.4. The van der Waals surface area contributed by atoms with Crippen LogP contribution in [0.3, 0.4) is 0 Å². The molecule has 100 valence electrons. The minimum Gasteiger partial charge on any atom is -0.386 e. The van der Waals surface area contributed by atoms with Crippen LogP contribution in [0.1, 0.15) is 11.7 Å². The molecule has 2 aromatic carbocycles. The predicted molar refractivity (Wildman–Crippen MR) is 71.3 cm³/mol. The third-order valence-electron chi connectivity index (χ3n) is 2.68. The summed E-state index contributed by atoms with van der Waals surface area (Å²) < 4.78 is 26.5. The van der Waals surface area contributed by atoms with Crippen molar-refractivity contribution in [1.29, 1.82) is 0 Å². The van der Waals surface area contributed by atoms with Gasteiger partial charge < -0.3 is 10.4 Å². The SMILES string of the molecule is OC(CNc1ccccc1Cl)c1cc(F)ccc1F. The molecule has 0 fully saturated rings. The number of aliphatic hydroxyl groups excluding tert-OH is 1. The summed E-state index contributed by atoms with van der Waals surface area (Å²) in [7, 11) is 0. The highest BCUT2D eigenvalue weighted by molar-refractivity contribution is 6.33. The Labute approximate surface area is 114 Å². The first kappa shape index (κ1) is 13.8. The van der Waals surface area contributed by atoms with Gasteiger partial charge in [-0.25, -0.2) is 8.78 Å². The molecule has 0 amide bonds. The Hall–Kier alpha value is -1.65. The first-order chi connectivity index (χ1) is 9.08. The number of aliphatic hydroxyl groups is 1. The van der Waals surface area contributed by atoms with Crippen LogP contribution in [0.25, 0.3) is 0 Å². The summed E-state index contributed by atoms with van der Waals surface area (Å²) >= 11 is 5.93. The van der Waals surface area contributed by atoms with Crippen LogP contribution in [0.5, 0.6) is 0 Å². The zero-order chi connectivity index (χ0) is 13.8. The highest BCUT2D eigenvalue weighted by atomic mass is 35.5. The molecule has 0 aromatic heterocycles. The van der Waals surface area contributed by atoms with Crippen LogP contribution in [-0.4, -0.2) is 11.7 Å². The Morgan fingerprint density at radius 2 is 1.89 bits per heavy atom. The summed E-state index contributed by atoms with van der Waals surface area (Å²) in [6, 6.07) is 9.96. The third-order valence-corrected chi connectivity index (χ3v) is 3.01. The van der Waals surface area contributed by atoms with Crippen molar-refractivity contribution in [1.82, 2.24) is 0 Å². The van der Waals surface area contributed by atoms with Crippen molar-refractivity contribution in [2.45, 2.75) is 6.10 Å². The number of halogens is 3. The smallest absolute Gasteiger partial charge is 0.129 e. The Kier molecular flexibility index (Phi) is 4.35. The molecule has 2 nitrogen and oxygen atoms in total. The Bertz CT molecular complexity index is 577. The fourth-order valence-electron chi connectivity index (χ4n) is 1.69. The van der Waals surface area contributed by atoms with Crippen LogP contribution >= 0.6 is 11.6 Å². The van der Waals surface area contributed by atoms with E-state index in [1.165, 1.54) is 0 Å². The normalized spacial score (nSPS) is 12.2. The molecule has 0 aliphatic carbocycles. The topological polar surface area (TPSA) is 32.3 Å². The maximum atomic E-state index is 13.4. The van der Waals surface area contributed by atoms with E-state index in [9.17, 15) is 13.9 Å². The van der Waals surface area contributed by atoms with Crippen LogP contribution in [0.15, 0.2) is 42.5 Å². The van der Waals surface area contributed by atoms with E-state index >= 15 is 0 Å². The Balaban J connectivity index is 2.07. The average Bonchev–Trinajstić information content (AvgIpc) is 2.40. The third kappa shape index (κ3) is 3.43. The van der Waals surface area contributed by atoms with E-state index in [-0.39, 0.29) is 12.1 Å². The standard InChI is InChI=1S/C14H12ClF2NO/c15-11-3-1-2-4-13(11)18-8-14(19)10-7-9(16)5-6-12(10)17/h1-7,14,18-19H,8H2. The molecule has 0 heterocycles. The van der Waals surface area contributed by atoms with E-state index in [1.807, 2.05) is 0 Å². The van der Waals surface area contributed by atoms with Crippen LogP contribution in [0.2, 0.25) is 5.02 Å². The maximum Gasteiger partial charge on any atom is 0.129 e. The first-order valence-corrected chi connectivity index (χ1v) is 6.07. The summed E-state index contributed by atoms with van der Waals surface area (Å²) in [6.45, 7) is 0.0319. The zero-order valence-electron chi connectivity index (χ0n) is 9.91. The molecular weight excluding hydrogens is 272 g/mol. The molecule has 0 bridgehead atoms. The van der Waals surface area contributed by atoms with Crippen molar-refractivity contribution in [2.75, 3.05) is 11.9 Å². The summed E-state index contributed by atoms with van der Waals surface area (Å²) in [5, 5.41) is 13.2. The molecule has 0 spiro atoms. The van der Waals surface area contributed by atoms with Crippen LogP contribution in [-0.2, 0) is 0 Å². The number of nitrogens with one attached hydrogen (secondary N) is 1. The molecule has 19 heavy (non-hydrogen) atoms. The number of anilines is 1. The van der Waals surface area contributed by atoms with Crippen LogP contribution in [0.4, 0.5) is 14.5 Å². The molecule has 1 unspecified atom stereocenters. The number of hydrogen-bond donors (Lipinski definition) is 2. The van der Waals surface area contributed by atoms with E-state index in [4.69, 9.17) is 11.6 Å². The van der Waals surface area contributed by atoms with Gasteiger partial charge in [-0.05, 0) is 30.3 Å². The average molecular weight is 284 g/mol. The lowest BCUT2D eigenvalue weighted by Gasteiger charge is -2.14. The minimum atomic E-state index is -1.16. The van der Waals surface area contributed by atoms with Gasteiger partial charge in [-0.3, -0.25) is 0 Å². The second-order valence-corrected chi connectivity index (χ2v) is 4.45. The van der Waals surface area contributed by atoms with Gasteiger partial charge in [-0.15, -0.1) is 0 Å². The molecule has 2 N–H and O–H groups in total. The monoisotopic (exact) mass is 283 g/mol. The van der Waals surface area contributed by atoms with E-state index in [0.29, 0.717) is 10.7 Å². The minimum absolute atomic E-state index is 0.0319. The lowest BCUT2D eigenvalue weighted by atomic mass is 10.1. The summed E-state index contributed by atoms with van der Waals surface area (Å²) in [5.74, 6) is -1.23. The molecule has 0 aliphatic rings. The summed E-state index contributed by atoms with van der Waals surface area (Å²) in [4.78, 5) is 0. The second-order valence-electron chi connectivity index (χ2n) is 4.04. The molecule has 2 rings (SSSR count). The molecule has 0 saturated carbocycles. The lowest BCUT2D eigenvalue weighted by molar-refractivity contribution is 0.186. The Morgan fingerprint density at radius 1 is 1.16 bits per heavy atom. The van der Waals surface area contributed by atoms with Gasteiger partial charge >= 0.3 is 0 Å². The highest BCUT2D eigenvalue weighted by Gasteiger charge is 2.14. The van der Waals surface area contributed by atoms with E-state index in [2.05, 4.69) is 5.32 Å². The molecular formula is C14H12ClF2NO. The van der Waals surface area contributed by atoms with Gasteiger partial charge in [0.2, 0.25) is 0 Å². The fraction of sp³-hybridized carbons (Fsp3) is 0.143. The summed E-state index contributed by atoms with van der Waals surface area (Å²) in [5.41, 5.74) is 0.541. The molecule has 5 heteroatoms. The van der Waals surface area contributed by atoms with Crippen molar-refractivity contribution in [2.24, 2.45) is 0 Å².